The maximum Gasteiger partial charge on any atom is 0.157 e. The van der Waals surface area contributed by atoms with Gasteiger partial charge < -0.3 is 16.0 Å². The summed E-state index contributed by atoms with van der Waals surface area (Å²) >= 11 is 0. The summed E-state index contributed by atoms with van der Waals surface area (Å²) in [5.74, 6) is 0.643. The molecule has 2 heterocycles. The van der Waals surface area contributed by atoms with Crippen LogP contribution in [-0.2, 0) is 0 Å². The lowest BCUT2D eigenvalue weighted by molar-refractivity contribution is 0.949. The molecule has 0 amide bonds. The van der Waals surface area contributed by atoms with Crippen molar-refractivity contribution in [3.05, 3.63) is 36.8 Å². The van der Waals surface area contributed by atoms with Crippen LogP contribution in [0.1, 0.15) is 12.8 Å². The number of benzene rings is 1. The number of hydrogen-bond donors (Lipinski definition) is 2. The molecule has 5 heteroatoms. The minimum Gasteiger partial charge on any atom is -0.394 e. The fraction of sp³-hybridized carbons (Fsp3) is 0.286. The number of anilines is 4. The Morgan fingerprint density at radius 3 is 2.53 bits per heavy atom. The lowest BCUT2D eigenvalue weighted by Crippen LogP contribution is -2.17. The molecule has 1 aliphatic rings. The monoisotopic (exact) mass is 255 g/mol. The smallest absolute Gasteiger partial charge is 0.157 e. The van der Waals surface area contributed by atoms with Crippen LogP contribution >= 0.6 is 0 Å². The van der Waals surface area contributed by atoms with E-state index in [1.165, 1.54) is 24.9 Å². The van der Waals surface area contributed by atoms with Crippen LogP contribution in [0, 0.1) is 0 Å². The summed E-state index contributed by atoms with van der Waals surface area (Å²) in [6.45, 7) is 2.32. The van der Waals surface area contributed by atoms with Crippen LogP contribution in [-0.4, -0.2) is 23.1 Å². The first-order valence-electron chi connectivity index (χ1n) is 6.50. The molecule has 98 valence electrons. The van der Waals surface area contributed by atoms with Gasteiger partial charge in [-0.2, -0.15) is 0 Å². The molecule has 1 aliphatic heterocycles. The van der Waals surface area contributed by atoms with Gasteiger partial charge in [-0.3, -0.25) is 0 Å². The zero-order valence-corrected chi connectivity index (χ0v) is 10.7. The number of rotatable bonds is 3. The van der Waals surface area contributed by atoms with Crippen molar-refractivity contribution >= 4 is 22.9 Å². The van der Waals surface area contributed by atoms with Crippen LogP contribution in [0.3, 0.4) is 0 Å². The van der Waals surface area contributed by atoms with Gasteiger partial charge in [0.2, 0.25) is 0 Å². The van der Waals surface area contributed by atoms with E-state index in [1.54, 1.807) is 6.20 Å². The van der Waals surface area contributed by atoms with Crippen molar-refractivity contribution in [2.24, 2.45) is 0 Å². The highest BCUT2D eigenvalue weighted by molar-refractivity contribution is 5.68. The highest BCUT2D eigenvalue weighted by Crippen LogP contribution is 2.24. The van der Waals surface area contributed by atoms with Gasteiger partial charge >= 0.3 is 0 Å². The van der Waals surface area contributed by atoms with Gasteiger partial charge in [-0.15, -0.1) is 0 Å². The molecule has 0 radical (unpaired) electrons. The third kappa shape index (κ3) is 2.59. The number of nitrogens with zero attached hydrogens (tertiary/aromatic N) is 3. The molecule has 5 nitrogen and oxygen atoms in total. The van der Waals surface area contributed by atoms with Gasteiger partial charge in [-0.05, 0) is 37.1 Å². The molecule has 0 saturated carbocycles. The van der Waals surface area contributed by atoms with Crippen molar-refractivity contribution in [2.75, 3.05) is 29.0 Å². The second-order valence-electron chi connectivity index (χ2n) is 4.69. The molecule has 3 N–H and O–H groups in total. The van der Waals surface area contributed by atoms with Crippen LogP contribution in [0.5, 0.6) is 0 Å². The lowest BCUT2D eigenvalue weighted by atomic mass is 10.2. The highest BCUT2D eigenvalue weighted by Gasteiger charge is 2.11. The minimum absolute atomic E-state index is 0.547. The Hall–Kier alpha value is -2.30. The molecule has 0 atom stereocenters. The Labute approximate surface area is 112 Å². The SMILES string of the molecule is Nc1cncnc1Nc1ccc(N2CCCC2)cc1. The number of aromatic nitrogens is 2. The fourth-order valence-corrected chi connectivity index (χ4v) is 2.31. The standard InChI is InChI=1S/C14H17N5/c15-13-9-16-10-17-14(13)18-11-3-5-12(6-4-11)19-7-1-2-8-19/h3-6,9-10H,1-2,7-8,15H2,(H,16,17,18). The second-order valence-corrected chi connectivity index (χ2v) is 4.69. The van der Waals surface area contributed by atoms with Crippen LogP contribution in [0.15, 0.2) is 36.8 Å². The molecule has 0 unspecified atom stereocenters. The van der Waals surface area contributed by atoms with E-state index in [9.17, 15) is 0 Å². The lowest BCUT2D eigenvalue weighted by Gasteiger charge is -2.18. The third-order valence-corrected chi connectivity index (χ3v) is 3.34. The average Bonchev–Trinajstić information content (AvgIpc) is 2.96. The second kappa shape index (κ2) is 5.14. The Kier molecular flexibility index (Phi) is 3.18. The topological polar surface area (TPSA) is 67.1 Å². The fourth-order valence-electron chi connectivity index (χ4n) is 2.31. The zero-order chi connectivity index (χ0) is 13.1. The number of hydrogen-bond acceptors (Lipinski definition) is 5. The van der Waals surface area contributed by atoms with E-state index in [-0.39, 0.29) is 0 Å². The van der Waals surface area contributed by atoms with E-state index in [2.05, 4.69) is 44.5 Å². The molecular formula is C14H17N5. The predicted molar refractivity (Wildman–Crippen MR) is 77.6 cm³/mol. The quantitative estimate of drug-likeness (QED) is 0.881. The molecule has 1 aromatic carbocycles. The van der Waals surface area contributed by atoms with E-state index in [4.69, 9.17) is 5.73 Å². The highest BCUT2D eigenvalue weighted by atomic mass is 15.1. The van der Waals surface area contributed by atoms with Crippen molar-refractivity contribution in [3.8, 4) is 0 Å². The summed E-state index contributed by atoms with van der Waals surface area (Å²) in [6.07, 6.45) is 5.65. The van der Waals surface area contributed by atoms with Crippen LogP contribution in [0.2, 0.25) is 0 Å². The molecule has 1 fully saturated rings. The van der Waals surface area contributed by atoms with Gasteiger partial charge in [0.25, 0.3) is 0 Å². The van der Waals surface area contributed by atoms with Gasteiger partial charge in [0, 0.05) is 24.5 Å². The first kappa shape index (κ1) is 11.8. The first-order valence-corrected chi connectivity index (χ1v) is 6.50. The summed E-state index contributed by atoms with van der Waals surface area (Å²) in [5.41, 5.74) is 8.61. The Bertz CT molecular complexity index is 546. The van der Waals surface area contributed by atoms with E-state index < -0.39 is 0 Å². The van der Waals surface area contributed by atoms with Crippen LogP contribution < -0.4 is 16.0 Å². The van der Waals surface area contributed by atoms with Gasteiger partial charge in [0.15, 0.2) is 5.82 Å². The van der Waals surface area contributed by atoms with E-state index in [0.717, 1.165) is 18.8 Å². The average molecular weight is 255 g/mol. The Morgan fingerprint density at radius 2 is 1.84 bits per heavy atom. The maximum absolute atomic E-state index is 5.80. The van der Waals surface area contributed by atoms with Gasteiger partial charge in [0.1, 0.15) is 6.33 Å². The zero-order valence-electron chi connectivity index (χ0n) is 10.7. The number of nitrogens with two attached hydrogens (primary N) is 1. The molecule has 0 spiro atoms. The van der Waals surface area contributed by atoms with Gasteiger partial charge in [-0.1, -0.05) is 0 Å². The van der Waals surface area contributed by atoms with Crippen molar-refractivity contribution < 1.29 is 0 Å². The predicted octanol–water partition coefficient (Wildman–Crippen LogP) is 2.40. The summed E-state index contributed by atoms with van der Waals surface area (Å²) in [5, 5.41) is 3.20. The molecule has 0 aliphatic carbocycles. The third-order valence-electron chi connectivity index (χ3n) is 3.34. The van der Waals surface area contributed by atoms with E-state index in [1.807, 2.05) is 0 Å². The van der Waals surface area contributed by atoms with E-state index >= 15 is 0 Å². The molecule has 19 heavy (non-hydrogen) atoms. The Balaban J connectivity index is 1.74. The Morgan fingerprint density at radius 1 is 1.11 bits per heavy atom. The number of nitrogens with one attached hydrogen (secondary N) is 1. The summed E-state index contributed by atoms with van der Waals surface area (Å²) in [6, 6.07) is 8.36. The summed E-state index contributed by atoms with van der Waals surface area (Å²) < 4.78 is 0. The molecule has 1 aromatic heterocycles. The maximum atomic E-state index is 5.80. The first-order chi connectivity index (χ1) is 9.33. The van der Waals surface area contributed by atoms with E-state index in [0.29, 0.717) is 11.5 Å². The molecular weight excluding hydrogens is 238 g/mol. The molecule has 2 aromatic rings. The van der Waals surface area contributed by atoms with Gasteiger partial charge in [-0.25, -0.2) is 9.97 Å². The van der Waals surface area contributed by atoms with Crippen LogP contribution in [0.4, 0.5) is 22.9 Å². The molecule has 3 rings (SSSR count). The van der Waals surface area contributed by atoms with Crippen molar-refractivity contribution in [1.82, 2.24) is 9.97 Å². The summed E-state index contributed by atoms with van der Waals surface area (Å²) in [7, 11) is 0. The van der Waals surface area contributed by atoms with Crippen molar-refractivity contribution in [3.63, 3.8) is 0 Å². The number of nitrogen functional groups attached to an aromatic ring is 1. The largest absolute Gasteiger partial charge is 0.394 e. The normalized spacial score (nSPS) is 14.6. The minimum atomic E-state index is 0.547. The molecule has 1 saturated heterocycles. The van der Waals surface area contributed by atoms with Crippen LogP contribution in [0.25, 0.3) is 0 Å². The van der Waals surface area contributed by atoms with Crippen molar-refractivity contribution in [1.29, 1.82) is 0 Å². The van der Waals surface area contributed by atoms with Crippen molar-refractivity contribution in [2.45, 2.75) is 12.8 Å². The van der Waals surface area contributed by atoms with Gasteiger partial charge in [0.05, 0.1) is 11.9 Å². The molecule has 0 bridgehead atoms. The summed E-state index contributed by atoms with van der Waals surface area (Å²) in [4.78, 5) is 10.4.